The molecular weight excluding hydrogens is 208 g/mol. The van der Waals surface area contributed by atoms with Crippen LogP contribution in [0.15, 0.2) is 12.4 Å². The van der Waals surface area contributed by atoms with Gasteiger partial charge in [-0.15, -0.1) is 0 Å². The molecule has 1 aromatic rings. The Bertz CT molecular complexity index is 331. The molecule has 0 bridgehead atoms. The molecule has 0 aliphatic rings. The van der Waals surface area contributed by atoms with Crippen molar-refractivity contribution in [3.63, 3.8) is 0 Å². The fourth-order valence-corrected chi connectivity index (χ4v) is 1.04. The van der Waals surface area contributed by atoms with Gasteiger partial charge in [-0.25, -0.2) is 9.97 Å². The quantitative estimate of drug-likeness (QED) is 0.785. The molecule has 0 radical (unpaired) electrons. The number of hydrogen-bond acceptors (Lipinski definition) is 3. The van der Waals surface area contributed by atoms with E-state index in [1.54, 1.807) is 0 Å². The molecule has 0 fully saturated rings. The summed E-state index contributed by atoms with van der Waals surface area (Å²) in [6, 6.07) is 0. The molecule has 3 nitrogen and oxygen atoms in total. The number of hydrogen-bond donors (Lipinski definition) is 1. The van der Waals surface area contributed by atoms with Gasteiger partial charge in [-0.2, -0.15) is 0 Å². The number of nitrogens with zero attached hydrogens (tertiary/aromatic N) is 2. The zero-order valence-corrected chi connectivity index (χ0v) is 8.41. The lowest BCUT2D eigenvalue weighted by Gasteiger charge is -2.16. The maximum atomic E-state index is 12.0. The van der Waals surface area contributed by atoms with E-state index in [0.717, 1.165) is 12.4 Å². The third-order valence-corrected chi connectivity index (χ3v) is 1.72. The minimum atomic E-state index is -4.87. The van der Waals surface area contributed by atoms with Crippen molar-refractivity contribution in [2.24, 2.45) is 0 Å². The van der Waals surface area contributed by atoms with Gasteiger partial charge in [-0.3, -0.25) is 0 Å². The monoisotopic (exact) mass is 219 g/mol. The Morgan fingerprint density at radius 2 is 1.73 bits per heavy atom. The first kappa shape index (κ1) is 12.0. The second-order valence-electron chi connectivity index (χ2n) is 3.89. The predicted octanol–water partition coefficient (Wildman–Crippen LogP) is 1.63. The van der Waals surface area contributed by atoms with E-state index in [1.807, 2.05) is 0 Å². The van der Waals surface area contributed by atoms with Gasteiger partial charge in [-0.1, -0.05) is 6.32 Å². The van der Waals surface area contributed by atoms with Crippen LogP contribution in [0.3, 0.4) is 0 Å². The largest absolute Gasteiger partial charge is 0.482 e. The van der Waals surface area contributed by atoms with E-state index < -0.39 is 18.9 Å². The van der Waals surface area contributed by atoms with Gasteiger partial charge in [-0.05, 0) is 19.4 Å². The van der Waals surface area contributed by atoms with Gasteiger partial charge in [0.2, 0.25) is 0 Å². The molecule has 1 N–H and O–H groups in total. The van der Waals surface area contributed by atoms with Crippen molar-refractivity contribution in [2.75, 3.05) is 0 Å². The fourth-order valence-electron chi connectivity index (χ4n) is 1.04. The third kappa shape index (κ3) is 3.87. The molecule has 1 rings (SSSR count). The Morgan fingerprint density at radius 3 is 2.07 bits per heavy atom. The summed E-state index contributed by atoms with van der Waals surface area (Å²) in [4.78, 5) is 7.37. The van der Waals surface area contributed by atoms with E-state index >= 15 is 0 Å². The molecule has 0 amide bonds. The van der Waals surface area contributed by atoms with Crippen LogP contribution in [0.2, 0.25) is 0 Å². The lowest BCUT2D eigenvalue weighted by molar-refractivity contribution is 0.0686. The van der Waals surface area contributed by atoms with E-state index in [2.05, 4.69) is 9.97 Å². The van der Waals surface area contributed by atoms with Crippen molar-refractivity contribution in [2.45, 2.75) is 25.8 Å². The summed E-state index contributed by atoms with van der Waals surface area (Å²) < 4.78 is 36.1. The minimum Gasteiger partial charge on any atom is -0.449 e. The summed E-state index contributed by atoms with van der Waals surface area (Å²) in [5.41, 5.74) is -1.22. The summed E-state index contributed by atoms with van der Waals surface area (Å²) in [7, 11) is 0. The van der Waals surface area contributed by atoms with Crippen molar-refractivity contribution in [3.05, 3.63) is 23.8 Å². The van der Waals surface area contributed by atoms with Gasteiger partial charge in [0.05, 0.1) is 0 Å². The Morgan fingerprint density at radius 1 is 1.27 bits per heavy atom. The van der Waals surface area contributed by atoms with Crippen LogP contribution in [0.5, 0.6) is 0 Å². The van der Waals surface area contributed by atoms with Crippen molar-refractivity contribution in [1.29, 1.82) is 0 Å². The minimum absolute atomic E-state index is 0.00972. The molecular formula is C8H11BF3N2O-. The highest BCUT2D eigenvalue weighted by Crippen LogP contribution is 2.17. The summed E-state index contributed by atoms with van der Waals surface area (Å²) >= 11 is 0. The van der Waals surface area contributed by atoms with Gasteiger partial charge in [0.1, 0.15) is 5.60 Å². The smallest absolute Gasteiger partial charge is 0.449 e. The Balaban J connectivity index is 2.82. The first-order chi connectivity index (χ1) is 6.68. The molecule has 0 aliphatic carbocycles. The average molecular weight is 219 g/mol. The second kappa shape index (κ2) is 3.81. The summed E-state index contributed by atoms with van der Waals surface area (Å²) in [5, 5.41) is 9.47. The van der Waals surface area contributed by atoms with E-state index in [4.69, 9.17) is 0 Å². The molecule has 0 aromatic carbocycles. The van der Waals surface area contributed by atoms with E-state index in [-0.39, 0.29) is 11.4 Å². The molecule has 0 saturated carbocycles. The lowest BCUT2D eigenvalue weighted by atomic mass is 9.83. The molecule has 84 valence electrons. The van der Waals surface area contributed by atoms with Crippen LogP contribution < -0.4 is 0 Å². The number of aromatic nitrogens is 2. The molecule has 1 aromatic heterocycles. The molecule has 0 atom stereocenters. The Labute approximate surface area is 85.4 Å². The van der Waals surface area contributed by atoms with E-state index in [9.17, 15) is 18.1 Å². The molecule has 1 heterocycles. The maximum absolute atomic E-state index is 12.0. The van der Waals surface area contributed by atoms with Crippen LogP contribution in [0.1, 0.15) is 25.2 Å². The topological polar surface area (TPSA) is 46.0 Å². The Hall–Kier alpha value is -1.11. The van der Waals surface area contributed by atoms with Crippen LogP contribution in [0.25, 0.3) is 0 Å². The summed E-state index contributed by atoms with van der Waals surface area (Å²) in [6.07, 6.45) is 1.19. The van der Waals surface area contributed by atoms with Gasteiger partial charge in [0.25, 0.3) is 0 Å². The zero-order chi connectivity index (χ0) is 11.7. The van der Waals surface area contributed by atoms with Crippen LogP contribution >= 0.6 is 0 Å². The van der Waals surface area contributed by atoms with Crippen LogP contribution in [0.4, 0.5) is 12.9 Å². The molecule has 15 heavy (non-hydrogen) atoms. The summed E-state index contributed by atoms with van der Waals surface area (Å²) in [6.45, 7) is -1.93. The lowest BCUT2D eigenvalue weighted by Crippen LogP contribution is -2.22. The number of aliphatic hydroxyl groups is 1. The average Bonchev–Trinajstić information content (AvgIpc) is 2.00. The second-order valence-corrected chi connectivity index (χ2v) is 3.89. The molecule has 7 heteroatoms. The van der Waals surface area contributed by atoms with Crippen molar-refractivity contribution in [1.82, 2.24) is 9.97 Å². The highest BCUT2D eigenvalue weighted by molar-refractivity contribution is 6.57. The van der Waals surface area contributed by atoms with Crippen LogP contribution in [-0.4, -0.2) is 22.1 Å². The first-order valence-corrected chi connectivity index (χ1v) is 4.43. The molecule has 0 unspecified atom stereocenters. The van der Waals surface area contributed by atoms with Gasteiger partial charge in [0, 0.05) is 12.4 Å². The molecule has 0 saturated heterocycles. The van der Waals surface area contributed by atoms with Crippen molar-refractivity contribution < 1.29 is 18.1 Å². The highest BCUT2D eigenvalue weighted by Gasteiger charge is 2.24. The van der Waals surface area contributed by atoms with E-state index in [1.165, 1.54) is 13.8 Å². The van der Waals surface area contributed by atoms with Gasteiger partial charge in [0.15, 0.2) is 5.82 Å². The first-order valence-electron chi connectivity index (χ1n) is 4.43. The predicted molar refractivity (Wildman–Crippen MR) is 50.1 cm³/mol. The molecule has 0 aliphatic heterocycles. The van der Waals surface area contributed by atoms with E-state index in [0.29, 0.717) is 0 Å². The highest BCUT2D eigenvalue weighted by atomic mass is 19.4. The SMILES string of the molecule is CC(C)(O)c1ncc(C[B-](F)(F)F)cn1. The third-order valence-electron chi connectivity index (χ3n) is 1.72. The Kier molecular flexibility index (Phi) is 3.04. The van der Waals surface area contributed by atoms with Gasteiger partial charge < -0.3 is 18.1 Å². The maximum Gasteiger partial charge on any atom is 0.482 e. The van der Waals surface area contributed by atoms with Crippen LogP contribution in [0, 0.1) is 0 Å². The number of halogens is 3. The van der Waals surface area contributed by atoms with Gasteiger partial charge >= 0.3 is 6.98 Å². The van der Waals surface area contributed by atoms with Crippen molar-refractivity contribution >= 4 is 6.98 Å². The fraction of sp³-hybridized carbons (Fsp3) is 0.500. The standard InChI is InChI=1S/C8H11BF3N2O/c1-8(2,15)7-13-4-6(5-14-7)3-9(10,11)12/h4-5,15H,3H2,1-2H3/q-1. The summed E-state index contributed by atoms with van der Waals surface area (Å²) in [5.74, 6) is 0.112. The number of rotatable bonds is 3. The van der Waals surface area contributed by atoms with Crippen LogP contribution in [-0.2, 0) is 11.9 Å². The van der Waals surface area contributed by atoms with Crippen molar-refractivity contribution in [3.8, 4) is 0 Å². The molecule has 0 spiro atoms. The normalized spacial score (nSPS) is 12.9. The zero-order valence-electron chi connectivity index (χ0n) is 8.41.